The predicted molar refractivity (Wildman–Crippen MR) is 135 cm³/mol. The number of ether oxygens (including phenoxy) is 2. The normalized spacial score (nSPS) is 11.0. The zero-order valence-electron chi connectivity index (χ0n) is 18.3. The standard InChI is InChI=1S/C26H21Cl2N3O3/c1-2-33-23-14-17(15-30-31-26(32)21-11-6-12-29-25(21)28)13-22(27)24(23)34-16-19-9-5-8-18-7-3-4-10-20(18)19/h3-15H,2,16H2,1H3,(H,31,32). The van der Waals surface area contributed by atoms with Crippen LogP contribution in [0.1, 0.15) is 28.4 Å². The summed E-state index contributed by atoms with van der Waals surface area (Å²) in [7, 11) is 0. The molecule has 0 atom stereocenters. The first-order chi connectivity index (χ1) is 16.6. The molecule has 0 fully saturated rings. The molecule has 1 N–H and O–H groups in total. The molecule has 0 radical (unpaired) electrons. The molecule has 6 nitrogen and oxygen atoms in total. The van der Waals surface area contributed by atoms with Crippen LogP contribution in [0.15, 0.2) is 78.0 Å². The number of nitrogens with one attached hydrogen (secondary N) is 1. The van der Waals surface area contributed by atoms with Gasteiger partial charge in [0.15, 0.2) is 11.5 Å². The van der Waals surface area contributed by atoms with Crippen molar-refractivity contribution in [2.24, 2.45) is 5.10 Å². The highest BCUT2D eigenvalue weighted by molar-refractivity contribution is 6.33. The molecule has 0 spiro atoms. The Bertz CT molecular complexity index is 1350. The van der Waals surface area contributed by atoms with E-state index in [2.05, 4.69) is 33.7 Å². The van der Waals surface area contributed by atoms with Crippen LogP contribution in [0.2, 0.25) is 10.2 Å². The molecule has 4 aromatic rings. The summed E-state index contributed by atoms with van der Waals surface area (Å²) in [5.74, 6) is 0.457. The highest BCUT2D eigenvalue weighted by Crippen LogP contribution is 2.37. The van der Waals surface area contributed by atoms with Gasteiger partial charge in [0.2, 0.25) is 0 Å². The maximum Gasteiger partial charge on any atom is 0.274 e. The maximum atomic E-state index is 12.2. The summed E-state index contributed by atoms with van der Waals surface area (Å²) in [6.45, 7) is 2.63. The zero-order chi connectivity index (χ0) is 23.9. The van der Waals surface area contributed by atoms with Gasteiger partial charge < -0.3 is 9.47 Å². The van der Waals surface area contributed by atoms with Gasteiger partial charge in [-0.3, -0.25) is 4.79 Å². The second-order valence-electron chi connectivity index (χ2n) is 7.23. The molecule has 172 valence electrons. The first-order valence-corrected chi connectivity index (χ1v) is 11.3. The number of rotatable bonds is 8. The van der Waals surface area contributed by atoms with Crippen molar-refractivity contribution in [3.8, 4) is 11.5 Å². The minimum Gasteiger partial charge on any atom is -0.490 e. The topological polar surface area (TPSA) is 72.8 Å². The van der Waals surface area contributed by atoms with Crippen LogP contribution < -0.4 is 14.9 Å². The molecule has 0 unspecified atom stereocenters. The summed E-state index contributed by atoms with van der Waals surface area (Å²) in [6, 6.07) is 20.8. The molecule has 0 aliphatic heterocycles. The number of hydrogen-bond donors (Lipinski definition) is 1. The Hall–Kier alpha value is -3.61. The lowest BCUT2D eigenvalue weighted by atomic mass is 10.1. The van der Waals surface area contributed by atoms with Gasteiger partial charge >= 0.3 is 0 Å². The quantitative estimate of drug-likeness (QED) is 0.178. The van der Waals surface area contributed by atoms with Gasteiger partial charge in [0.1, 0.15) is 11.8 Å². The molecule has 0 aliphatic rings. The summed E-state index contributed by atoms with van der Waals surface area (Å²) in [4.78, 5) is 16.1. The number of benzene rings is 3. The Balaban J connectivity index is 1.51. The van der Waals surface area contributed by atoms with Gasteiger partial charge in [0, 0.05) is 6.20 Å². The minimum atomic E-state index is -0.472. The molecule has 0 saturated heterocycles. The Morgan fingerprint density at radius 1 is 1.06 bits per heavy atom. The lowest BCUT2D eigenvalue weighted by Gasteiger charge is -2.15. The van der Waals surface area contributed by atoms with Gasteiger partial charge in [-0.15, -0.1) is 0 Å². The van der Waals surface area contributed by atoms with E-state index in [4.69, 9.17) is 32.7 Å². The molecular formula is C26H21Cl2N3O3. The molecule has 4 rings (SSSR count). The van der Waals surface area contributed by atoms with Crippen LogP contribution in [0.5, 0.6) is 11.5 Å². The molecule has 0 bridgehead atoms. The fourth-order valence-corrected chi connectivity index (χ4v) is 3.89. The van der Waals surface area contributed by atoms with Crippen molar-refractivity contribution in [1.29, 1.82) is 0 Å². The van der Waals surface area contributed by atoms with E-state index in [1.165, 1.54) is 12.4 Å². The molecule has 0 saturated carbocycles. The van der Waals surface area contributed by atoms with Crippen molar-refractivity contribution in [3.05, 3.63) is 99.8 Å². The van der Waals surface area contributed by atoms with Crippen LogP contribution in [-0.2, 0) is 6.61 Å². The Morgan fingerprint density at radius 2 is 1.88 bits per heavy atom. The van der Waals surface area contributed by atoms with E-state index in [0.717, 1.165) is 16.3 Å². The van der Waals surface area contributed by atoms with Crippen LogP contribution in [-0.4, -0.2) is 23.7 Å². The number of amides is 1. The summed E-state index contributed by atoms with van der Waals surface area (Å²) in [5, 5.41) is 6.72. The highest BCUT2D eigenvalue weighted by Gasteiger charge is 2.14. The van der Waals surface area contributed by atoms with Crippen molar-refractivity contribution >= 4 is 46.1 Å². The summed E-state index contributed by atoms with van der Waals surface area (Å²) in [6.07, 6.45) is 2.97. The van der Waals surface area contributed by atoms with Crippen molar-refractivity contribution in [2.45, 2.75) is 13.5 Å². The number of fused-ring (bicyclic) bond motifs is 1. The Labute approximate surface area is 207 Å². The average Bonchev–Trinajstić information content (AvgIpc) is 2.84. The van der Waals surface area contributed by atoms with Crippen LogP contribution >= 0.6 is 23.2 Å². The highest BCUT2D eigenvalue weighted by atomic mass is 35.5. The number of nitrogens with zero attached hydrogens (tertiary/aromatic N) is 2. The lowest BCUT2D eigenvalue weighted by molar-refractivity contribution is 0.0955. The van der Waals surface area contributed by atoms with Crippen LogP contribution in [0.25, 0.3) is 10.8 Å². The number of pyridine rings is 1. The number of carbonyl (C=O) groups is 1. The first kappa shape index (κ1) is 23.5. The molecule has 0 aliphatic carbocycles. The monoisotopic (exact) mass is 493 g/mol. The largest absolute Gasteiger partial charge is 0.490 e. The SMILES string of the molecule is CCOc1cc(C=NNC(=O)c2cccnc2Cl)cc(Cl)c1OCc1cccc2ccccc12. The third-order valence-corrected chi connectivity index (χ3v) is 5.55. The van der Waals surface area contributed by atoms with Gasteiger partial charge in [-0.2, -0.15) is 5.10 Å². The fraction of sp³-hybridized carbons (Fsp3) is 0.115. The van der Waals surface area contributed by atoms with Gasteiger partial charge in [0.05, 0.1) is 23.4 Å². The van der Waals surface area contributed by atoms with Crippen molar-refractivity contribution < 1.29 is 14.3 Å². The van der Waals surface area contributed by atoms with E-state index in [9.17, 15) is 4.79 Å². The number of aromatic nitrogens is 1. The van der Waals surface area contributed by atoms with Crippen molar-refractivity contribution in [2.75, 3.05) is 6.61 Å². The predicted octanol–water partition coefficient (Wildman–Crippen LogP) is 6.28. The molecule has 8 heteroatoms. The molecule has 3 aromatic carbocycles. The lowest BCUT2D eigenvalue weighted by Crippen LogP contribution is -2.18. The van der Waals surface area contributed by atoms with Crippen LogP contribution in [0.4, 0.5) is 0 Å². The third-order valence-electron chi connectivity index (χ3n) is 4.97. The Morgan fingerprint density at radius 3 is 2.71 bits per heavy atom. The molecular weight excluding hydrogens is 473 g/mol. The molecule has 1 aromatic heterocycles. The van der Waals surface area contributed by atoms with Crippen LogP contribution in [0.3, 0.4) is 0 Å². The molecule has 1 heterocycles. The van der Waals surface area contributed by atoms with Crippen molar-refractivity contribution in [1.82, 2.24) is 10.4 Å². The van der Waals surface area contributed by atoms with E-state index in [0.29, 0.717) is 35.3 Å². The number of hydrogen-bond acceptors (Lipinski definition) is 5. The van der Waals surface area contributed by atoms with E-state index >= 15 is 0 Å². The Kier molecular flexibility index (Phi) is 7.62. The van der Waals surface area contributed by atoms with Gasteiger partial charge in [-0.1, -0.05) is 65.7 Å². The molecule has 34 heavy (non-hydrogen) atoms. The zero-order valence-corrected chi connectivity index (χ0v) is 19.8. The fourth-order valence-electron chi connectivity index (χ4n) is 3.41. The summed E-state index contributed by atoms with van der Waals surface area (Å²) < 4.78 is 11.9. The number of hydrazone groups is 1. The summed E-state index contributed by atoms with van der Waals surface area (Å²) in [5.41, 5.74) is 4.33. The van der Waals surface area contributed by atoms with Gasteiger partial charge in [-0.05, 0) is 53.1 Å². The van der Waals surface area contributed by atoms with E-state index in [1.54, 1.807) is 24.3 Å². The number of carbonyl (C=O) groups excluding carboxylic acids is 1. The maximum absolute atomic E-state index is 12.2. The number of halogens is 2. The second kappa shape index (κ2) is 11.0. The molecule has 1 amide bonds. The smallest absolute Gasteiger partial charge is 0.274 e. The van der Waals surface area contributed by atoms with E-state index in [1.807, 2.05) is 31.2 Å². The first-order valence-electron chi connectivity index (χ1n) is 10.6. The van der Waals surface area contributed by atoms with Gasteiger partial charge in [-0.25, -0.2) is 10.4 Å². The average molecular weight is 494 g/mol. The second-order valence-corrected chi connectivity index (χ2v) is 8.00. The van der Waals surface area contributed by atoms with Crippen molar-refractivity contribution in [3.63, 3.8) is 0 Å². The van der Waals surface area contributed by atoms with E-state index < -0.39 is 5.91 Å². The minimum absolute atomic E-state index is 0.101. The summed E-state index contributed by atoms with van der Waals surface area (Å²) >= 11 is 12.5. The van der Waals surface area contributed by atoms with Crippen LogP contribution in [0, 0.1) is 0 Å². The van der Waals surface area contributed by atoms with Gasteiger partial charge in [0.25, 0.3) is 5.91 Å². The third kappa shape index (κ3) is 5.47. The van der Waals surface area contributed by atoms with E-state index in [-0.39, 0.29) is 10.7 Å².